The number of carbonyl (C=O) groups excluding carboxylic acids is 1. The van der Waals surface area contributed by atoms with Crippen molar-refractivity contribution in [3.05, 3.63) is 36.0 Å². The fraction of sp³-hybridized carbons (Fsp3) is 0.455. The summed E-state index contributed by atoms with van der Waals surface area (Å²) in [4.78, 5) is 8.81. The first-order valence-corrected chi connectivity index (χ1v) is 10.4. The molecule has 11 heteroatoms. The highest BCUT2D eigenvalue weighted by molar-refractivity contribution is 5.81. The summed E-state index contributed by atoms with van der Waals surface area (Å²) in [6.07, 6.45) is -0.944. The molecule has 0 unspecified atom stereocenters. The van der Waals surface area contributed by atoms with Crippen molar-refractivity contribution in [3.63, 3.8) is 0 Å². The largest absolute Gasteiger partial charge is 0.467 e. The highest BCUT2D eigenvalue weighted by Crippen LogP contribution is 2.37. The molecule has 0 atom stereocenters. The lowest BCUT2D eigenvalue weighted by Crippen LogP contribution is -2.09. The van der Waals surface area contributed by atoms with E-state index in [2.05, 4.69) is 34.5 Å². The van der Waals surface area contributed by atoms with Crippen LogP contribution in [0.4, 0.5) is 19.1 Å². The molecule has 33 heavy (non-hydrogen) atoms. The number of carbonyl (C=O) groups is 1. The number of hydrogen-bond acceptors (Lipinski definition) is 7. The molecule has 0 spiro atoms. The van der Waals surface area contributed by atoms with Crippen molar-refractivity contribution in [1.29, 1.82) is 0 Å². The average molecular weight is 472 g/mol. The Bertz CT molecular complexity index is 962. The van der Waals surface area contributed by atoms with Gasteiger partial charge in [-0.25, -0.2) is 0 Å². The van der Waals surface area contributed by atoms with Crippen molar-refractivity contribution < 1.29 is 27.4 Å². The van der Waals surface area contributed by atoms with Crippen molar-refractivity contribution in [1.82, 2.24) is 19.8 Å². The third-order valence-corrected chi connectivity index (χ3v) is 3.45. The van der Waals surface area contributed by atoms with Gasteiger partial charge in [-0.3, -0.25) is 0 Å². The van der Waals surface area contributed by atoms with Gasteiger partial charge >= 0.3 is 6.18 Å². The Morgan fingerprint density at radius 2 is 1.76 bits per heavy atom. The van der Waals surface area contributed by atoms with Gasteiger partial charge < -0.3 is 19.6 Å². The molecule has 0 saturated heterocycles. The van der Waals surface area contributed by atoms with E-state index in [1.807, 2.05) is 13.8 Å². The van der Waals surface area contributed by atoms with Crippen LogP contribution in [0.5, 0.6) is 5.75 Å². The molecule has 0 bridgehead atoms. The van der Waals surface area contributed by atoms with Gasteiger partial charge in [0.25, 0.3) is 0 Å². The van der Waals surface area contributed by atoms with E-state index in [0.717, 1.165) is 18.4 Å². The van der Waals surface area contributed by atoms with Gasteiger partial charge in [-0.1, -0.05) is 34.1 Å². The molecule has 0 radical (unpaired) electrons. The number of halogens is 3. The van der Waals surface area contributed by atoms with Gasteiger partial charge in [0.15, 0.2) is 6.79 Å². The quantitative estimate of drug-likeness (QED) is 0.389. The van der Waals surface area contributed by atoms with Crippen molar-refractivity contribution in [2.75, 3.05) is 26.3 Å². The summed E-state index contributed by atoms with van der Waals surface area (Å²) in [7, 11) is 3.04. The van der Waals surface area contributed by atoms with Crippen molar-refractivity contribution in [3.8, 4) is 17.0 Å². The number of ether oxygens (including phenoxy) is 2. The van der Waals surface area contributed by atoms with Gasteiger partial charge in [0.1, 0.15) is 17.7 Å². The summed E-state index contributed by atoms with van der Waals surface area (Å²) in [5, 5.41) is 15.1. The van der Waals surface area contributed by atoms with Crippen LogP contribution in [0.3, 0.4) is 0 Å². The number of benzene rings is 1. The molecule has 3 rings (SSSR count). The fourth-order valence-corrected chi connectivity index (χ4v) is 2.33. The first kappa shape index (κ1) is 29.8. The van der Waals surface area contributed by atoms with Gasteiger partial charge in [0.2, 0.25) is 5.95 Å². The second kappa shape index (κ2) is 15.6. The minimum absolute atomic E-state index is 0.00807. The van der Waals surface area contributed by atoms with Crippen LogP contribution in [0.2, 0.25) is 0 Å². The highest BCUT2D eigenvalue weighted by Gasteiger charge is 2.32. The molecule has 184 valence electrons. The first-order chi connectivity index (χ1) is 15.8. The van der Waals surface area contributed by atoms with Gasteiger partial charge in [-0.2, -0.15) is 22.8 Å². The Labute approximate surface area is 192 Å². The van der Waals surface area contributed by atoms with Crippen molar-refractivity contribution in [2.24, 2.45) is 0 Å². The van der Waals surface area contributed by atoms with Gasteiger partial charge in [0, 0.05) is 19.7 Å². The van der Waals surface area contributed by atoms with E-state index in [0.29, 0.717) is 22.7 Å². The number of hydrogen-bond donors (Lipinski definition) is 1. The van der Waals surface area contributed by atoms with E-state index in [-0.39, 0.29) is 12.5 Å². The molecule has 2 aromatic heterocycles. The summed E-state index contributed by atoms with van der Waals surface area (Å²) in [6, 6.07) is 4.86. The van der Waals surface area contributed by atoms with Gasteiger partial charge in [-0.05, 0) is 31.2 Å². The number of methoxy groups -OCH3 is 1. The molecule has 0 saturated carbocycles. The minimum atomic E-state index is -4.49. The predicted octanol–water partition coefficient (Wildman–Crippen LogP) is 5.48. The standard InChI is InChI=1S/C15H14F3N5O2.C3H8.C2H4O.C2H6/c1-19-14-22-21-13(11-5-6-20-23(11)14)10-4-3-9(15(16,17)18)7-12(10)25-8-24-2;1-3-2;1-2-3;1-2/h3-7H,8H2,1-2H3,(H,19,22);3H2,1-2H3;2H,1H3;1-2H3. The number of fused-ring (bicyclic) bond motifs is 1. The Kier molecular flexibility index (Phi) is 14.1. The summed E-state index contributed by atoms with van der Waals surface area (Å²) in [6.45, 7) is 9.49. The Morgan fingerprint density at radius 1 is 1.15 bits per heavy atom. The van der Waals surface area contributed by atoms with Crippen LogP contribution in [0, 0.1) is 0 Å². The number of nitrogens with zero attached hydrogens (tertiary/aromatic N) is 4. The van der Waals surface area contributed by atoms with Crippen LogP contribution < -0.4 is 10.1 Å². The average Bonchev–Trinajstić information content (AvgIpc) is 3.29. The Balaban J connectivity index is 0.00000113. The maximum atomic E-state index is 13.0. The Hall–Kier alpha value is -3.21. The molecule has 3 aromatic rings. The number of nitrogens with one attached hydrogen (secondary N) is 1. The van der Waals surface area contributed by atoms with Crippen LogP contribution >= 0.6 is 0 Å². The summed E-state index contributed by atoms with van der Waals surface area (Å²) >= 11 is 0. The highest BCUT2D eigenvalue weighted by atomic mass is 19.4. The van der Waals surface area contributed by atoms with Gasteiger partial charge in [-0.15, -0.1) is 10.2 Å². The second-order valence-corrected chi connectivity index (χ2v) is 5.95. The number of aromatic nitrogens is 4. The summed E-state index contributed by atoms with van der Waals surface area (Å²) in [5.74, 6) is 0.390. The fourth-order valence-electron chi connectivity index (χ4n) is 2.33. The molecule has 0 fully saturated rings. The van der Waals surface area contributed by atoms with E-state index in [1.165, 1.54) is 31.0 Å². The zero-order valence-corrected chi connectivity index (χ0v) is 20.0. The molecular formula is C22H32F3N5O3. The van der Waals surface area contributed by atoms with E-state index < -0.39 is 11.7 Å². The van der Waals surface area contributed by atoms with Crippen LogP contribution in [0.1, 0.15) is 46.6 Å². The molecule has 1 N–H and O–H groups in total. The monoisotopic (exact) mass is 471 g/mol. The number of aldehydes is 1. The first-order valence-electron chi connectivity index (χ1n) is 10.4. The number of alkyl halides is 3. The lowest BCUT2D eigenvalue weighted by atomic mass is 10.1. The molecule has 0 aliphatic rings. The molecule has 0 aliphatic carbocycles. The number of anilines is 1. The normalized spacial score (nSPS) is 10.0. The van der Waals surface area contributed by atoms with Crippen LogP contribution in [0.25, 0.3) is 16.8 Å². The topological polar surface area (TPSA) is 90.6 Å². The maximum absolute atomic E-state index is 13.0. The molecule has 0 amide bonds. The zero-order valence-electron chi connectivity index (χ0n) is 20.0. The Morgan fingerprint density at radius 3 is 2.27 bits per heavy atom. The summed E-state index contributed by atoms with van der Waals surface area (Å²) < 4.78 is 50.6. The third kappa shape index (κ3) is 8.68. The van der Waals surface area contributed by atoms with Crippen molar-refractivity contribution >= 4 is 17.8 Å². The number of rotatable bonds is 5. The molecular weight excluding hydrogens is 439 g/mol. The summed E-state index contributed by atoms with van der Waals surface area (Å²) in [5.41, 5.74) is 0.440. The maximum Gasteiger partial charge on any atom is 0.416 e. The van der Waals surface area contributed by atoms with Crippen molar-refractivity contribution in [2.45, 2.75) is 47.2 Å². The van der Waals surface area contributed by atoms with Gasteiger partial charge in [0.05, 0.1) is 17.3 Å². The van der Waals surface area contributed by atoms with E-state index in [4.69, 9.17) is 14.3 Å². The van der Waals surface area contributed by atoms with E-state index in [9.17, 15) is 13.2 Å². The van der Waals surface area contributed by atoms with E-state index in [1.54, 1.807) is 19.3 Å². The van der Waals surface area contributed by atoms with E-state index >= 15 is 0 Å². The van der Waals surface area contributed by atoms with Crippen LogP contribution in [-0.4, -0.2) is 47.0 Å². The zero-order chi connectivity index (χ0) is 25.4. The third-order valence-electron chi connectivity index (χ3n) is 3.45. The smallest absolute Gasteiger partial charge is 0.416 e. The minimum Gasteiger partial charge on any atom is -0.467 e. The SMILES string of the molecule is CC.CC=O.CCC.CNc1nnc(-c2ccc(C(F)(F)F)cc2OCOC)c2ccnn12. The second-order valence-electron chi connectivity index (χ2n) is 5.95. The molecule has 0 aliphatic heterocycles. The molecule has 8 nitrogen and oxygen atoms in total. The molecule has 1 aromatic carbocycles. The van der Waals surface area contributed by atoms with Crippen LogP contribution in [-0.2, 0) is 15.7 Å². The van der Waals surface area contributed by atoms with Crippen LogP contribution in [0.15, 0.2) is 30.5 Å². The molecule has 2 heterocycles. The lowest BCUT2D eigenvalue weighted by molar-refractivity contribution is -0.137. The lowest BCUT2D eigenvalue weighted by Gasteiger charge is -2.14. The predicted molar refractivity (Wildman–Crippen MR) is 122 cm³/mol.